The number of hydrogen-bond acceptors (Lipinski definition) is 4. The molecule has 0 spiro atoms. The van der Waals surface area contributed by atoms with E-state index in [1.807, 2.05) is 0 Å². The van der Waals surface area contributed by atoms with Crippen LogP contribution >= 0.6 is 16.0 Å². The van der Waals surface area contributed by atoms with Gasteiger partial charge in [-0.3, -0.25) is 0 Å². The monoisotopic (exact) mass is 822 g/mol. The van der Waals surface area contributed by atoms with Gasteiger partial charge in [-0.25, -0.2) is 0 Å². The third-order valence-corrected chi connectivity index (χ3v) is 15.2. The van der Waals surface area contributed by atoms with Crippen molar-refractivity contribution in [1.29, 1.82) is 0 Å². The quantitative estimate of drug-likeness (QED) is 0.163. The van der Waals surface area contributed by atoms with Crippen molar-refractivity contribution < 1.29 is 33.9 Å². The summed E-state index contributed by atoms with van der Waals surface area (Å²) in [6.45, 7) is 0. The zero-order chi connectivity index (χ0) is 37.0. The van der Waals surface area contributed by atoms with Gasteiger partial charge in [0, 0.05) is 38.6 Å². The normalized spacial score (nSPS) is 14.9. The summed E-state index contributed by atoms with van der Waals surface area (Å²) in [7, 11) is -2.08. The molecule has 0 saturated heterocycles. The summed E-state index contributed by atoms with van der Waals surface area (Å²) in [5.74, 6) is 0. The zero-order valence-corrected chi connectivity index (χ0v) is 34.2. The Labute approximate surface area is 343 Å². The SMILES string of the molecule is [CH]1CCC(p2oc3ccc4ccccc4c3c3c(ccc4ccccc43)o2)C1.[Fe].c1ccc2c(c1)ccc1op([C]3CCCC3)oc3ccc4ccccc4c3c12. The molecular weight excluding hydrogens is 782 g/mol. The fraction of sp³-hybridized carbons (Fsp3) is 0.160. The van der Waals surface area contributed by atoms with E-state index in [9.17, 15) is 0 Å². The number of hydrogen-bond donors (Lipinski definition) is 0. The molecule has 12 rings (SSSR count). The van der Waals surface area contributed by atoms with Gasteiger partial charge in [-0.05, 0) is 106 Å². The Morgan fingerprint density at radius 2 is 0.789 bits per heavy atom. The fourth-order valence-electron chi connectivity index (χ4n) is 8.93. The molecule has 1 atom stereocenters. The molecule has 2 aromatic heterocycles. The number of benzene rings is 8. The average molecular weight is 823 g/mol. The van der Waals surface area contributed by atoms with Crippen LogP contribution in [0.25, 0.3) is 87.0 Å². The second-order valence-electron chi connectivity index (χ2n) is 15.1. The minimum atomic E-state index is -1.07. The maximum atomic E-state index is 6.60. The first-order chi connectivity index (χ1) is 27.8. The molecule has 2 aliphatic rings. The van der Waals surface area contributed by atoms with Gasteiger partial charge in [0.25, 0.3) is 0 Å². The molecule has 57 heavy (non-hydrogen) atoms. The Bertz CT molecular complexity index is 2780. The van der Waals surface area contributed by atoms with Crippen molar-refractivity contribution in [2.24, 2.45) is 0 Å². The average Bonchev–Trinajstić information content (AvgIpc) is 3.94. The van der Waals surface area contributed by atoms with Crippen molar-refractivity contribution in [2.75, 3.05) is 0 Å². The van der Waals surface area contributed by atoms with Crippen LogP contribution < -0.4 is 0 Å². The summed E-state index contributed by atoms with van der Waals surface area (Å²) in [4.78, 5) is 0. The van der Waals surface area contributed by atoms with E-state index in [1.165, 1.54) is 61.6 Å². The van der Waals surface area contributed by atoms with Gasteiger partial charge in [-0.1, -0.05) is 134 Å². The van der Waals surface area contributed by atoms with Crippen LogP contribution in [0.15, 0.2) is 162 Å². The molecule has 282 valence electrons. The predicted octanol–water partition coefficient (Wildman–Crippen LogP) is 17.1. The van der Waals surface area contributed by atoms with E-state index in [4.69, 9.17) is 16.8 Å². The molecule has 0 N–H and O–H groups in total. The summed E-state index contributed by atoms with van der Waals surface area (Å²) in [6.07, 6.45) is 10.5. The topological polar surface area (TPSA) is 52.6 Å². The molecule has 10 aromatic rings. The predicted molar refractivity (Wildman–Crippen MR) is 237 cm³/mol. The van der Waals surface area contributed by atoms with Gasteiger partial charge in [0.2, 0.25) is 16.0 Å². The van der Waals surface area contributed by atoms with Crippen LogP contribution in [0.3, 0.4) is 0 Å². The Hall–Kier alpha value is -4.88. The zero-order valence-electron chi connectivity index (χ0n) is 31.3. The van der Waals surface area contributed by atoms with Gasteiger partial charge >= 0.3 is 0 Å². The molecule has 2 radical (unpaired) electrons. The van der Waals surface area contributed by atoms with E-state index >= 15 is 0 Å². The van der Waals surface area contributed by atoms with Crippen LogP contribution in [0.5, 0.6) is 0 Å². The number of rotatable bonds is 2. The van der Waals surface area contributed by atoms with E-state index < -0.39 is 16.0 Å². The smallest absolute Gasteiger partial charge is 0.224 e. The maximum Gasteiger partial charge on any atom is 0.224 e. The van der Waals surface area contributed by atoms with Crippen molar-refractivity contribution in [2.45, 2.75) is 50.6 Å². The summed E-state index contributed by atoms with van der Waals surface area (Å²) < 4.78 is 26.4. The van der Waals surface area contributed by atoms with Gasteiger partial charge < -0.3 is 16.8 Å². The van der Waals surface area contributed by atoms with Crippen molar-refractivity contribution >= 4 is 103 Å². The summed E-state index contributed by atoms with van der Waals surface area (Å²) >= 11 is 0. The Morgan fingerprint density at radius 1 is 0.421 bits per heavy atom. The summed E-state index contributed by atoms with van der Waals surface area (Å²) in [6, 6.07) is 51.4. The first-order valence-corrected chi connectivity index (χ1v) is 22.2. The molecule has 2 aliphatic carbocycles. The first kappa shape index (κ1) is 36.5. The van der Waals surface area contributed by atoms with Gasteiger partial charge in [-0.2, -0.15) is 0 Å². The molecule has 7 heteroatoms. The molecule has 1 unspecified atom stereocenters. The van der Waals surface area contributed by atoms with Crippen LogP contribution in [0.4, 0.5) is 0 Å². The van der Waals surface area contributed by atoms with E-state index in [0.29, 0.717) is 5.66 Å². The van der Waals surface area contributed by atoms with Crippen LogP contribution in [0.1, 0.15) is 50.6 Å². The summed E-state index contributed by atoms with van der Waals surface area (Å²) in [5.41, 5.74) is 5.69. The standard InChI is InChI=1S/2C25H20O2P.Fe/c2*1-5-11-20-17(7-1)13-15-22-24(20)25-21-12-6-2-8-18(21)14-16-23(25)27-28(26-22)19-9-3-4-10-19;/h1-2,5-8,11-16H,3-4,9-10H2;1-3,5-8,11-16,19H,4,9-10H2;. The molecule has 4 nitrogen and oxygen atoms in total. The third kappa shape index (κ3) is 6.56. The Balaban J connectivity index is 0.000000137. The minimum absolute atomic E-state index is 0. The van der Waals surface area contributed by atoms with Gasteiger partial charge in [0.05, 0.1) is 11.3 Å². The van der Waals surface area contributed by atoms with Crippen LogP contribution in [0.2, 0.25) is 0 Å². The van der Waals surface area contributed by atoms with Crippen LogP contribution in [-0.4, -0.2) is 0 Å². The molecule has 0 bridgehead atoms. The van der Waals surface area contributed by atoms with Crippen LogP contribution in [0, 0.1) is 12.1 Å². The van der Waals surface area contributed by atoms with E-state index in [0.717, 1.165) is 76.0 Å². The van der Waals surface area contributed by atoms with Crippen molar-refractivity contribution in [3.8, 4) is 0 Å². The Kier molecular flexibility index (Phi) is 9.89. The Morgan fingerprint density at radius 3 is 1.16 bits per heavy atom. The second kappa shape index (κ2) is 15.5. The van der Waals surface area contributed by atoms with Crippen molar-refractivity contribution in [3.63, 3.8) is 0 Å². The fourth-order valence-corrected chi connectivity index (χ4v) is 12.3. The summed E-state index contributed by atoms with van der Waals surface area (Å²) in [5, 5.41) is 14.4. The molecule has 2 saturated carbocycles. The second-order valence-corrected chi connectivity index (χ2v) is 18.3. The van der Waals surface area contributed by atoms with E-state index in [-0.39, 0.29) is 17.1 Å². The van der Waals surface area contributed by atoms with Crippen molar-refractivity contribution in [3.05, 3.63) is 158 Å². The third-order valence-electron chi connectivity index (χ3n) is 11.7. The largest absolute Gasteiger partial charge is 0.419 e. The van der Waals surface area contributed by atoms with Gasteiger partial charge in [0.15, 0.2) is 0 Å². The minimum Gasteiger partial charge on any atom is -0.419 e. The molecule has 2 heterocycles. The number of fused-ring (bicyclic) bond motifs is 14. The molecule has 2 fully saturated rings. The van der Waals surface area contributed by atoms with Gasteiger partial charge in [0.1, 0.15) is 22.3 Å². The molecule has 0 aliphatic heterocycles. The van der Waals surface area contributed by atoms with Crippen molar-refractivity contribution in [1.82, 2.24) is 0 Å². The van der Waals surface area contributed by atoms with E-state index in [1.54, 1.807) is 0 Å². The molecule has 8 aromatic carbocycles. The maximum absolute atomic E-state index is 6.60. The molecular formula is C50H40FeO4P2. The first-order valence-electron chi connectivity index (χ1n) is 19.8. The van der Waals surface area contributed by atoms with Crippen LogP contribution in [-0.2, 0) is 17.1 Å². The van der Waals surface area contributed by atoms with E-state index in [2.05, 4.69) is 152 Å². The molecule has 0 amide bonds. The van der Waals surface area contributed by atoms with Gasteiger partial charge in [-0.15, -0.1) is 0 Å².